The van der Waals surface area contributed by atoms with Crippen LogP contribution in [0.5, 0.6) is 0 Å². The summed E-state index contributed by atoms with van der Waals surface area (Å²) < 4.78 is 38.0. The van der Waals surface area contributed by atoms with Crippen LogP contribution in [0, 0.1) is 0 Å². The van der Waals surface area contributed by atoms with Gasteiger partial charge in [0.25, 0.3) is 0 Å². The molecule has 1 atom stereocenters. The number of hydrogen-bond acceptors (Lipinski definition) is 5. The van der Waals surface area contributed by atoms with Crippen molar-refractivity contribution >= 4 is 23.5 Å². The molecule has 1 N–H and O–H groups in total. The Labute approximate surface area is 159 Å². The van der Waals surface area contributed by atoms with Crippen LogP contribution in [-0.2, 0) is 11.0 Å². The molecule has 2 aromatic heterocycles. The van der Waals surface area contributed by atoms with Gasteiger partial charge in [-0.3, -0.25) is 4.79 Å². The van der Waals surface area contributed by atoms with Crippen LogP contribution in [0.1, 0.15) is 18.4 Å². The molecule has 1 aliphatic heterocycles. The van der Waals surface area contributed by atoms with E-state index in [1.165, 1.54) is 17.8 Å². The average Bonchev–Trinajstić information content (AvgIpc) is 2.67. The molecule has 0 saturated carbocycles. The van der Waals surface area contributed by atoms with Gasteiger partial charge in [0.15, 0.2) is 0 Å². The zero-order chi connectivity index (χ0) is 19.3. The van der Waals surface area contributed by atoms with Gasteiger partial charge in [0, 0.05) is 31.5 Å². The minimum Gasteiger partial charge on any atom is -0.355 e. The minimum absolute atomic E-state index is 0.0559. The van der Waals surface area contributed by atoms with Crippen LogP contribution in [0.15, 0.2) is 47.8 Å². The Morgan fingerprint density at radius 3 is 2.78 bits per heavy atom. The van der Waals surface area contributed by atoms with Gasteiger partial charge in [-0.2, -0.15) is 13.2 Å². The molecule has 1 aliphatic rings. The first-order valence-electron chi connectivity index (χ1n) is 8.53. The van der Waals surface area contributed by atoms with Gasteiger partial charge in [-0.15, -0.1) is 0 Å². The molecule has 2 aromatic rings. The van der Waals surface area contributed by atoms with E-state index < -0.39 is 11.7 Å². The van der Waals surface area contributed by atoms with E-state index in [-0.39, 0.29) is 17.7 Å². The first kappa shape index (κ1) is 19.5. The summed E-state index contributed by atoms with van der Waals surface area (Å²) in [7, 11) is 0. The summed E-state index contributed by atoms with van der Waals surface area (Å²) in [4.78, 5) is 22.2. The number of rotatable bonds is 5. The Kier molecular flexibility index (Phi) is 6.20. The standard InChI is InChI=1S/C18H19F3N4OS/c19-18(20,21)13-6-7-15(23-10-13)25-9-3-4-14(11-25)24-16(26)12-27-17-5-1-2-8-22-17/h1-2,5-8,10,14H,3-4,9,11-12H2,(H,24,26)/t14-/m1/s1. The van der Waals surface area contributed by atoms with Crippen LogP contribution in [0.2, 0.25) is 0 Å². The number of amides is 1. The SMILES string of the molecule is O=C(CSc1ccccn1)N[C@@H]1CCCN(c2ccc(C(F)(F)F)cn2)C1. The number of nitrogens with one attached hydrogen (secondary N) is 1. The highest BCUT2D eigenvalue weighted by molar-refractivity contribution is 7.99. The van der Waals surface area contributed by atoms with Gasteiger partial charge < -0.3 is 10.2 Å². The Morgan fingerprint density at radius 1 is 1.26 bits per heavy atom. The number of carbonyl (C=O) groups excluding carboxylic acids is 1. The van der Waals surface area contributed by atoms with Gasteiger partial charge in [0.2, 0.25) is 5.91 Å². The van der Waals surface area contributed by atoms with Crippen molar-refractivity contribution in [2.45, 2.75) is 30.1 Å². The van der Waals surface area contributed by atoms with Crippen molar-refractivity contribution in [1.29, 1.82) is 0 Å². The molecule has 3 heterocycles. The fraction of sp³-hybridized carbons (Fsp3) is 0.389. The number of aromatic nitrogens is 2. The van der Waals surface area contributed by atoms with Gasteiger partial charge in [0.1, 0.15) is 5.82 Å². The number of piperidine rings is 1. The molecule has 1 amide bonds. The zero-order valence-electron chi connectivity index (χ0n) is 14.4. The van der Waals surface area contributed by atoms with Gasteiger partial charge in [-0.05, 0) is 37.1 Å². The van der Waals surface area contributed by atoms with Crippen LogP contribution in [-0.4, -0.2) is 40.8 Å². The van der Waals surface area contributed by atoms with Gasteiger partial charge in [-0.25, -0.2) is 9.97 Å². The van der Waals surface area contributed by atoms with Crippen molar-refractivity contribution in [3.63, 3.8) is 0 Å². The quantitative estimate of drug-likeness (QED) is 0.786. The van der Waals surface area contributed by atoms with E-state index in [1.807, 2.05) is 23.1 Å². The topological polar surface area (TPSA) is 58.1 Å². The Morgan fingerprint density at radius 2 is 2.11 bits per heavy atom. The number of nitrogens with zero attached hydrogens (tertiary/aromatic N) is 3. The molecule has 5 nitrogen and oxygen atoms in total. The van der Waals surface area contributed by atoms with Crippen LogP contribution in [0.4, 0.5) is 19.0 Å². The van der Waals surface area contributed by atoms with Crippen molar-refractivity contribution in [2.75, 3.05) is 23.7 Å². The maximum absolute atomic E-state index is 12.7. The first-order valence-corrected chi connectivity index (χ1v) is 9.52. The normalized spacial score (nSPS) is 17.6. The molecule has 3 rings (SSSR count). The molecular weight excluding hydrogens is 377 g/mol. The van der Waals surface area contributed by atoms with E-state index in [2.05, 4.69) is 15.3 Å². The second-order valence-electron chi connectivity index (χ2n) is 6.21. The molecule has 0 unspecified atom stereocenters. The Hall–Kier alpha value is -2.29. The number of alkyl halides is 3. The molecule has 27 heavy (non-hydrogen) atoms. The predicted molar refractivity (Wildman–Crippen MR) is 97.6 cm³/mol. The molecule has 144 valence electrons. The molecule has 0 spiro atoms. The largest absolute Gasteiger partial charge is 0.417 e. The van der Waals surface area contributed by atoms with Crippen LogP contribution in [0.25, 0.3) is 0 Å². The summed E-state index contributed by atoms with van der Waals surface area (Å²) >= 11 is 1.36. The number of hydrogen-bond donors (Lipinski definition) is 1. The monoisotopic (exact) mass is 396 g/mol. The van der Waals surface area contributed by atoms with Crippen molar-refractivity contribution in [3.05, 3.63) is 48.3 Å². The van der Waals surface area contributed by atoms with E-state index in [1.54, 1.807) is 6.20 Å². The second kappa shape index (κ2) is 8.60. The van der Waals surface area contributed by atoms with Gasteiger partial charge >= 0.3 is 6.18 Å². The molecule has 0 aliphatic carbocycles. The van der Waals surface area contributed by atoms with Crippen LogP contribution >= 0.6 is 11.8 Å². The van der Waals surface area contributed by atoms with E-state index in [4.69, 9.17) is 0 Å². The van der Waals surface area contributed by atoms with Crippen molar-refractivity contribution in [2.24, 2.45) is 0 Å². The molecule has 9 heteroatoms. The lowest BCUT2D eigenvalue weighted by molar-refractivity contribution is -0.137. The molecule has 0 bridgehead atoms. The van der Waals surface area contributed by atoms with E-state index in [0.717, 1.165) is 30.1 Å². The summed E-state index contributed by atoms with van der Waals surface area (Å²) in [5, 5.41) is 3.77. The Bertz CT molecular complexity index is 755. The highest BCUT2D eigenvalue weighted by atomic mass is 32.2. The fourth-order valence-electron chi connectivity index (χ4n) is 2.89. The number of carbonyl (C=O) groups is 1. The van der Waals surface area contributed by atoms with E-state index in [0.29, 0.717) is 18.9 Å². The molecule has 1 fully saturated rings. The number of halogens is 3. The Balaban J connectivity index is 1.52. The third kappa shape index (κ3) is 5.59. The minimum atomic E-state index is -4.39. The third-order valence-electron chi connectivity index (χ3n) is 4.17. The summed E-state index contributed by atoms with van der Waals surface area (Å²) in [5.41, 5.74) is -0.764. The highest BCUT2D eigenvalue weighted by Crippen LogP contribution is 2.29. The molecule has 0 aromatic carbocycles. The van der Waals surface area contributed by atoms with Crippen molar-refractivity contribution < 1.29 is 18.0 Å². The van der Waals surface area contributed by atoms with E-state index >= 15 is 0 Å². The summed E-state index contributed by atoms with van der Waals surface area (Å²) in [6.45, 7) is 1.23. The van der Waals surface area contributed by atoms with Crippen LogP contribution < -0.4 is 10.2 Å². The van der Waals surface area contributed by atoms with Crippen molar-refractivity contribution in [1.82, 2.24) is 15.3 Å². The molecule has 0 radical (unpaired) electrons. The summed E-state index contributed by atoms with van der Waals surface area (Å²) in [6.07, 6.45) is -0.204. The lowest BCUT2D eigenvalue weighted by Gasteiger charge is -2.34. The van der Waals surface area contributed by atoms with Crippen LogP contribution in [0.3, 0.4) is 0 Å². The second-order valence-corrected chi connectivity index (χ2v) is 7.21. The lowest BCUT2D eigenvalue weighted by Crippen LogP contribution is -2.48. The predicted octanol–water partition coefficient (Wildman–Crippen LogP) is 3.37. The lowest BCUT2D eigenvalue weighted by atomic mass is 10.1. The van der Waals surface area contributed by atoms with E-state index in [9.17, 15) is 18.0 Å². The smallest absolute Gasteiger partial charge is 0.355 e. The fourth-order valence-corrected chi connectivity index (χ4v) is 3.56. The molecule has 1 saturated heterocycles. The third-order valence-corrected chi connectivity index (χ3v) is 5.12. The molecular formula is C18H19F3N4OS. The maximum Gasteiger partial charge on any atom is 0.417 e. The number of anilines is 1. The van der Waals surface area contributed by atoms with Gasteiger partial charge in [0.05, 0.1) is 16.3 Å². The highest BCUT2D eigenvalue weighted by Gasteiger charge is 2.31. The zero-order valence-corrected chi connectivity index (χ0v) is 15.3. The summed E-state index contributed by atoms with van der Waals surface area (Å²) in [6, 6.07) is 7.88. The average molecular weight is 396 g/mol. The van der Waals surface area contributed by atoms with Gasteiger partial charge in [-0.1, -0.05) is 17.8 Å². The van der Waals surface area contributed by atoms with Crippen molar-refractivity contribution in [3.8, 4) is 0 Å². The number of thioether (sulfide) groups is 1. The number of pyridine rings is 2. The maximum atomic E-state index is 12.7. The first-order chi connectivity index (χ1) is 12.9. The summed E-state index contributed by atoms with van der Waals surface area (Å²) in [5.74, 6) is 0.675.